The second-order valence-corrected chi connectivity index (χ2v) is 12.2. The molecule has 0 radical (unpaired) electrons. The number of aliphatic hydroxyl groups excluding tert-OH is 1. The highest BCUT2D eigenvalue weighted by Crippen LogP contribution is 2.31. The van der Waals surface area contributed by atoms with Gasteiger partial charge >= 0.3 is 0 Å². The molecule has 4 N–H and O–H groups in total. The number of aromatic nitrogens is 2. The van der Waals surface area contributed by atoms with Gasteiger partial charge in [-0.15, -0.1) is 0 Å². The molecule has 3 rings (SSSR count). The number of nitrogens with zero attached hydrogens (tertiary/aromatic N) is 3. The van der Waals surface area contributed by atoms with Gasteiger partial charge in [0.2, 0.25) is 11.8 Å². The van der Waals surface area contributed by atoms with Crippen LogP contribution in [0.2, 0.25) is 0 Å². The topological polar surface area (TPSA) is 139 Å². The minimum Gasteiger partial charge on any atom is -0.391 e. The summed E-state index contributed by atoms with van der Waals surface area (Å²) in [6.45, 7) is 7.91. The molecule has 2 heterocycles. The molecule has 2 aromatic rings. The molecular formula is C33H49N5O4. The molecule has 0 unspecified atom stereocenters. The molecule has 1 fully saturated rings. The Kier molecular flexibility index (Phi) is 12.9. The standard InChI is InChI=1S/C33H49N5O4/c1-5-23(4)30(31(34)40)38(21-25-15-9-11-17-35-25)33(42)26(22(2)3)20-29(39)28(19-24-13-7-6-8-14-24)37-32(41)27-16-10-12-18-36-27/h9-12,15-18,22-24,26,28-30,39H,5-8,13-14,19-21H2,1-4H3,(H2,34,40)(H,37,41)/t23-,26-,28-,29-,30-/m0/s1. The zero-order valence-electron chi connectivity index (χ0n) is 25.6. The SMILES string of the molecule is CC[C@H](C)[C@@H](C(N)=O)N(Cc1ccccn1)C(=O)[C@@H](C[C@H](O)[C@H](CC1CCCCC1)NC(=O)c1ccccn1)C(C)C. The molecule has 3 amide bonds. The number of carbonyl (C=O) groups is 3. The molecule has 1 aliphatic carbocycles. The third-order valence-electron chi connectivity index (χ3n) is 8.76. The number of aliphatic hydroxyl groups is 1. The molecule has 0 spiro atoms. The maximum Gasteiger partial charge on any atom is 0.270 e. The fourth-order valence-corrected chi connectivity index (χ4v) is 6.07. The average Bonchev–Trinajstić information content (AvgIpc) is 2.99. The fraction of sp³-hybridized carbons (Fsp3) is 0.606. The van der Waals surface area contributed by atoms with Crippen LogP contribution in [0.25, 0.3) is 0 Å². The van der Waals surface area contributed by atoms with Crippen molar-refractivity contribution >= 4 is 17.7 Å². The summed E-state index contributed by atoms with van der Waals surface area (Å²) in [7, 11) is 0. The number of pyridine rings is 2. The summed E-state index contributed by atoms with van der Waals surface area (Å²) in [6, 6.07) is 9.26. The molecule has 230 valence electrons. The lowest BCUT2D eigenvalue weighted by Crippen LogP contribution is -2.54. The van der Waals surface area contributed by atoms with Crippen molar-refractivity contribution in [2.45, 2.75) is 104 Å². The van der Waals surface area contributed by atoms with Crippen LogP contribution >= 0.6 is 0 Å². The second kappa shape index (κ2) is 16.3. The van der Waals surface area contributed by atoms with Gasteiger partial charge in [-0.1, -0.05) is 78.4 Å². The van der Waals surface area contributed by atoms with Crippen LogP contribution in [-0.2, 0) is 16.1 Å². The van der Waals surface area contributed by atoms with E-state index in [9.17, 15) is 19.5 Å². The van der Waals surface area contributed by atoms with Crippen LogP contribution in [0.5, 0.6) is 0 Å². The number of nitrogens with two attached hydrogens (primary N) is 1. The van der Waals surface area contributed by atoms with Gasteiger partial charge in [-0.2, -0.15) is 0 Å². The minimum atomic E-state index is -0.969. The summed E-state index contributed by atoms with van der Waals surface area (Å²) >= 11 is 0. The van der Waals surface area contributed by atoms with Gasteiger partial charge in [0, 0.05) is 18.3 Å². The highest BCUT2D eigenvalue weighted by atomic mass is 16.3. The Morgan fingerprint density at radius 3 is 2.24 bits per heavy atom. The number of rotatable bonds is 15. The summed E-state index contributed by atoms with van der Waals surface area (Å²) in [5.74, 6) is -1.66. The summed E-state index contributed by atoms with van der Waals surface area (Å²) in [5, 5.41) is 14.7. The Morgan fingerprint density at radius 1 is 1.02 bits per heavy atom. The molecule has 9 nitrogen and oxygen atoms in total. The highest BCUT2D eigenvalue weighted by molar-refractivity contribution is 5.92. The molecule has 1 aliphatic rings. The van der Waals surface area contributed by atoms with E-state index in [1.807, 2.05) is 39.8 Å². The van der Waals surface area contributed by atoms with E-state index in [4.69, 9.17) is 5.73 Å². The van der Waals surface area contributed by atoms with Crippen LogP contribution in [0.1, 0.15) is 95.2 Å². The van der Waals surface area contributed by atoms with Crippen molar-refractivity contribution in [3.8, 4) is 0 Å². The summed E-state index contributed by atoms with van der Waals surface area (Å²) in [6.07, 6.45) is 9.29. The van der Waals surface area contributed by atoms with E-state index >= 15 is 0 Å². The molecule has 9 heteroatoms. The quantitative estimate of drug-likeness (QED) is 0.284. The van der Waals surface area contributed by atoms with Gasteiger partial charge in [0.25, 0.3) is 5.91 Å². The Morgan fingerprint density at radius 2 is 1.69 bits per heavy atom. The van der Waals surface area contributed by atoms with E-state index in [-0.39, 0.29) is 42.3 Å². The Balaban J connectivity index is 1.88. The van der Waals surface area contributed by atoms with Crippen molar-refractivity contribution in [2.75, 3.05) is 0 Å². The average molecular weight is 580 g/mol. The zero-order chi connectivity index (χ0) is 30.6. The Bertz CT molecular complexity index is 1120. The van der Waals surface area contributed by atoms with Crippen LogP contribution < -0.4 is 11.1 Å². The maximum absolute atomic E-state index is 14.3. The van der Waals surface area contributed by atoms with Crippen LogP contribution in [0.3, 0.4) is 0 Å². The van der Waals surface area contributed by atoms with Crippen molar-refractivity contribution in [1.82, 2.24) is 20.2 Å². The minimum absolute atomic E-state index is 0.134. The monoisotopic (exact) mass is 579 g/mol. The van der Waals surface area contributed by atoms with Gasteiger partial charge in [-0.3, -0.25) is 24.4 Å². The lowest BCUT2D eigenvalue weighted by Gasteiger charge is -2.38. The lowest BCUT2D eigenvalue weighted by atomic mass is 9.80. The maximum atomic E-state index is 14.3. The first-order valence-electron chi connectivity index (χ1n) is 15.5. The number of carbonyl (C=O) groups excluding carboxylic acids is 3. The van der Waals surface area contributed by atoms with Crippen LogP contribution in [-0.4, -0.2) is 55.9 Å². The van der Waals surface area contributed by atoms with Crippen molar-refractivity contribution in [3.63, 3.8) is 0 Å². The first-order valence-corrected chi connectivity index (χ1v) is 15.5. The van der Waals surface area contributed by atoms with Crippen LogP contribution in [0, 0.1) is 23.7 Å². The van der Waals surface area contributed by atoms with Crippen molar-refractivity contribution in [3.05, 3.63) is 60.2 Å². The van der Waals surface area contributed by atoms with E-state index in [1.54, 1.807) is 41.6 Å². The molecule has 0 saturated heterocycles. The summed E-state index contributed by atoms with van der Waals surface area (Å²) < 4.78 is 0. The predicted octanol–water partition coefficient (Wildman–Crippen LogP) is 4.50. The predicted molar refractivity (Wildman–Crippen MR) is 163 cm³/mol. The van der Waals surface area contributed by atoms with Crippen LogP contribution in [0.15, 0.2) is 48.8 Å². The number of hydrogen-bond acceptors (Lipinski definition) is 6. The van der Waals surface area contributed by atoms with Gasteiger partial charge in [-0.25, -0.2) is 0 Å². The second-order valence-electron chi connectivity index (χ2n) is 12.2. The van der Waals surface area contributed by atoms with Crippen molar-refractivity contribution < 1.29 is 19.5 Å². The number of primary amides is 1. The summed E-state index contributed by atoms with van der Waals surface area (Å²) in [5.41, 5.74) is 6.83. The van der Waals surface area contributed by atoms with Gasteiger partial charge in [0.15, 0.2) is 0 Å². The normalized spacial score (nSPS) is 17.6. The Hall–Kier alpha value is -3.33. The zero-order valence-corrected chi connectivity index (χ0v) is 25.6. The van der Waals surface area contributed by atoms with E-state index in [2.05, 4.69) is 15.3 Å². The molecule has 0 aliphatic heterocycles. The number of hydrogen-bond donors (Lipinski definition) is 3. The van der Waals surface area contributed by atoms with Crippen molar-refractivity contribution in [2.24, 2.45) is 29.4 Å². The highest BCUT2D eigenvalue weighted by Gasteiger charge is 2.39. The first kappa shape index (κ1) is 33.2. The van der Waals surface area contributed by atoms with Gasteiger partial charge in [0.05, 0.1) is 24.4 Å². The lowest BCUT2D eigenvalue weighted by molar-refractivity contribution is -0.147. The van der Waals surface area contributed by atoms with E-state index in [1.165, 1.54) is 6.42 Å². The van der Waals surface area contributed by atoms with E-state index in [0.29, 0.717) is 24.5 Å². The van der Waals surface area contributed by atoms with Crippen molar-refractivity contribution in [1.29, 1.82) is 0 Å². The number of amides is 3. The van der Waals surface area contributed by atoms with Gasteiger partial charge in [0.1, 0.15) is 11.7 Å². The van der Waals surface area contributed by atoms with Gasteiger partial charge < -0.3 is 21.1 Å². The van der Waals surface area contributed by atoms with Crippen LogP contribution in [0.4, 0.5) is 0 Å². The molecule has 0 aromatic carbocycles. The largest absolute Gasteiger partial charge is 0.391 e. The third kappa shape index (κ3) is 9.34. The molecular weight excluding hydrogens is 530 g/mol. The Labute approximate surface area is 250 Å². The molecule has 0 bridgehead atoms. The molecule has 1 saturated carbocycles. The summed E-state index contributed by atoms with van der Waals surface area (Å²) in [4.78, 5) is 50.3. The number of nitrogens with one attached hydrogen (secondary N) is 1. The van der Waals surface area contributed by atoms with E-state index < -0.39 is 30.0 Å². The van der Waals surface area contributed by atoms with E-state index in [0.717, 1.165) is 25.7 Å². The third-order valence-corrected chi connectivity index (χ3v) is 8.76. The smallest absolute Gasteiger partial charge is 0.270 e. The fourth-order valence-electron chi connectivity index (χ4n) is 6.07. The molecule has 42 heavy (non-hydrogen) atoms. The first-order chi connectivity index (χ1) is 20.1. The molecule has 5 atom stereocenters. The molecule has 2 aromatic heterocycles. The van der Waals surface area contributed by atoms with Gasteiger partial charge in [-0.05, 0) is 54.9 Å².